The van der Waals surface area contributed by atoms with Crippen LogP contribution < -0.4 is 0 Å². The molecule has 0 aromatic heterocycles. The van der Waals surface area contributed by atoms with Crippen molar-refractivity contribution in [1.82, 2.24) is 0 Å². The molecule has 12 heavy (non-hydrogen) atoms. The third-order valence-electron chi connectivity index (χ3n) is 1.66. The minimum absolute atomic E-state index is 0.00269. The fourth-order valence-electron chi connectivity index (χ4n) is 0.676. The van der Waals surface area contributed by atoms with Crippen molar-refractivity contribution in [2.75, 3.05) is 7.11 Å². The van der Waals surface area contributed by atoms with E-state index in [4.69, 9.17) is 0 Å². The number of hydrogen-bond acceptors (Lipinski definition) is 3. The average molecular weight is 170 g/mol. The van der Waals surface area contributed by atoms with E-state index in [2.05, 4.69) is 4.74 Å². The summed E-state index contributed by atoms with van der Waals surface area (Å²) < 4.78 is 4.40. The predicted octanol–water partition coefficient (Wildman–Crippen LogP) is 1.47. The summed E-state index contributed by atoms with van der Waals surface area (Å²) in [7, 11) is 1.31. The van der Waals surface area contributed by atoms with Gasteiger partial charge in [0, 0.05) is 6.42 Å². The maximum absolute atomic E-state index is 11.1. The number of methoxy groups -OCH3 is 1. The zero-order chi connectivity index (χ0) is 9.56. The third-order valence-corrected chi connectivity index (χ3v) is 1.66. The van der Waals surface area contributed by atoms with Crippen LogP contribution in [0.25, 0.3) is 0 Å². The van der Waals surface area contributed by atoms with Crippen LogP contribution in [0.3, 0.4) is 0 Å². The molecule has 0 saturated heterocycles. The van der Waals surface area contributed by atoms with Gasteiger partial charge in [0.25, 0.3) is 0 Å². The Morgan fingerprint density at radius 2 is 1.92 bits per heavy atom. The van der Waals surface area contributed by atoms with E-state index in [0.29, 0.717) is 5.57 Å². The molecule has 0 aliphatic rings. The maximum atomic E-state index is 11.1. The summed E-state index contributed by atoms with van der Waals surface area (Å²) in [5.74, 6) is -0.338. The van der Waals surface area contributed by atoms with Crippen molar-refractivity contribution >= 4 is 11.8 Å². The molecule has 0 unspecified atom stereocenters. The molecule has 0 radical (unpaired) electrons. The molecule has 0 aromatic carbocycles. The number of rotatable bonds is 4. The molecule has 0 aliphatic carbocycles. The van der Waals surface area contributed by atoms with Crippen molar-refractivity contribution in [3.8, 4) is 0 Å². The van der Waals surface area contributed by atoms with Crippen LogP contribution in [0.15, 0.2) is 11.6 Å². The molecule has 68 valence electrons. The molecule has 0 aromatic rings. The standard InChI is InChI=1S/C9H14O3/c1-4-7(2)8(10)5-6-9(11)12-3/h4H,5-6H2,1-3H3/b7-4+. The normalized spacial score (nSPS) is 11.1. The van der Waals surface area contributed by atoms with Gasteiger partial charge in [-0.3, -0.25) is 9.59 Å². The van der Waals surface area contributed by atoms with Crippen LogP contribution in [-0.4, -0.2) is 18.9 Å². The molecule has 0 heterocycles. The van der Waals surface area contributed by atoms with Crippen LogP contribution in [-0.2, 0) is 14.3 Å². The summed E-state index contributed by atoms with van der Waals surface area (Å²) in [5, 5.41) is 0. The largest absolute Gasteiger partial charge is 0.469 e. The van der Waals surface area contributed by atoms with Crippen LogP contribution in [0.5, 0.6) is 0 Å². The fraction of sp³-hybridized carbons (Fsp3) is 0.556. The lowest BCUT2D eigenvalue weighted by Crippen LogP contribution is -2.06. The van der Waals surface area contributed by atoms with Crippen LogP contribution in [0.1, 0.15) is 26.7 Å². The highest BCUT2D eigenvalue weighted by Crippen LogP contribution is 2.02. The first-order valence-electron chi connectivity index (χ1n) is 3.84. The van der Waals surface area contributed by atoms with Gasteiger partial charge in [-0.1, -0.05) is 6.08 Å². The van der Waals surface area contributed by atoms with Gasteiger partial charge in [-0.15, -0.1) is 0 Å². The number of ketones is 1. The van der Waals surface area contributed by atoms with Gasteiger partial charge in [0.05, 0.1) is 13.5 Å². The zero-order valence-electron chi connectivity index (χ0n) is 7.72. The van der Waals surface area contributed by atoms with Crippen molar-refractivity contribution in [1.29, 1.82) is 0 Å². The maximum Gasteiger partial charge on any atom is 0.305 e. The monoisotopic (exact) mass is 170 g/mol. The van der Waals surface area contributed by atoms with E-state index in [9.17, 15) is 9.59 Å². The lowest BCUT2D eigenvalue weighted by molar-refractivity contribution is -0.141. The Morgan fingerprint density at radius 3 is 2.33 bits per heavy atom. The lowest BCUT2D eigenvalue weighted by Gasteiger charge is -1.98. The Labute approximate surface area is 72.4 Å². The molecule has 0 aliphatic heterocycles. The lowest BCUT2D eigenvalue weighted by atomic mass is 10.1. The van der Waals surface area contributed by atoms with Gasteiger partial charge in [-0.25, -0.2) is 0 Å². The summed E-state index contributed by atoms with van der Waals surface area (Å²) >= 11 is 0. The van der Waals surface area contributed by atoms with Crippen molar-refractivity contribution in [2.24, 2.45) is 0 Å². The zero-order valence-corrected chi connectivity index (χ0v) is 7.72. The number of Topliss-reactive ketones (excluding diaryl/α,β-unsaturated/α-hetero) is 1. The van der Waals surface area contributed by atoms with E-state index in [-0.39, 0.29) is 24.6 Å². The average Bonchev–Trinajstić information content (AvgIpc) is 2.11. The SMILES string of the molecule is C/C=C(\C)C(=O)CCC(=O)OC. The van der Waals surface area contributed by atoms with Crippen molar-refractivity contribution < 1.29 is 14.3 Å². The minimum Gasteiger partial charge on any atom is -0.469 e. The van der Waals surface area contributed by atoms with Crippen LogP contribution in [0.4, 0.5) is 0 Å². The molecule has 0 saturated carbocycles. The molecule has 0 bridgehead atoms. The summed E-state index contributed by atoms with van der Waals surface area (Å²) in [4.78, 5) is 21.8. The summed E-state index contributed by atoms with van der Waals surface area (Å²) in [6, 6.07) is 0. The highest BCUT2D eigenvalue weighted by Gasteiger charge is 2.07. The van der Waals surface area contributed by atoms with Gasteiger partial charge in [0.2, 0.25) is 0 Å². The van der Waals surface area contributed by atoms with Crippen LogP contribution in [0.2, 0.25) is 0 Å². The van der Waals surface area contributed by atoms with Gasteiger partial charge in [-0.05, 0) is 19.4 Å². The van der Waals surface area contributed by atoms with Gasteiger partial charge in [0.15, 0.2) is 5.78 Å². The molecule has 0 atom stereocenters. The molecule has 0 amide bonds. The minimum atomic E-state index is -0.341. The number of allylic oxidation sites excluding steroid dienone is 2. The van der Waals surface area contributed by atoms with Gasteiger partial charge in [0.1, 0.15) is 0 Å². The molecule has 0 rings (SSSR count). The van der Waals surface area contributed by atoms with Gasteiger partial charge < -0.3 is 4.74 Å². The Hall–Kier alpha value is -1.12. The highest BCUT2D eigenvalue weighted by atomic mass is 16.5. The number of hydrogen-bond donors (Lipinski definition) is 0. The smallest absolute Gasteiger partial charge is 0.305 e. The van der Waals surface area contributed by atoms with Crippen molar-refractivity contribution in [3.05, 3.63) is 11.6 Å². The van der Waals surface area contributed by atoms with Gasteiger partial charge in [-0.2, -0.15) is 0 Å². The number of esters is 1. The van der Waals surface area contributed by atoms with Crippen LogP contribution in [0, 0.1) is 0 Å². The third kappa shape index (κ3) is 3.91. The van der Waals surface area contributed by atoms with E-state index in [1.807, 2.05) is 0 Å². The molecule has 3 nitrogen and oxygen atoms in total. The molecular weight excluding hydrogens is 156 g/mol. The molecule has 0 fully saturated rings. The van der Waals surface area contributed by atoms with Crippen LogP contribution >= 0.6 is 0 Å². The summed E-state index contributed by atoms with van der Waals surface area (Å²) in [5.41, 5.74) is 0.693. The first-order valence-corrected chi connectivity index (χ1v) is 3.84. The molecule has 0 spiro atoms. The van der Waals surface area contributed by atoms with Gasteiger partial charge >= 0.3 is 5.97 Å². The second kappa shape index (κ2) is 5.52. The molecular formula is C9H14O3. The van der Waals surface area contributed by atoms with E-state index < -0.39 is 0 Å². The van der Waals surface area contributed by atoms with E-state index in [1.165, 1.54) is 7.11 Å². The first kappa shape index (κ1) is 10.9. The second-order valence-electron chi connectivity index (χ2n) is 2.47. The highest BCUT2D eigenvalue weighted by molar-refractivity contribution is 5.96. The fourth-order valence-corrected chi connectivity index (χ4v) is 0.676. The number of carbonyl (C=O) groups is 2. The Kier molecular flexibility index (Phi) is 5.00. The van der Waals surface area contributed by atoms with Crippen molar-refractivity contribution in [2.45, 2.75) is 26.7 Å². The predicted molar refractivity (Wildman–Crippen MR) is 45.7 cm³/mol. The van der Waals surface area contributed by atoms with Crippen molar-refractivity contribution in [3.63, 3.8) is 0 Å². The Balaban J connectivity index is 3.80. The summed E-state index contributed by atoms with van der Waals surface area (Å²) in [6.07, 6.45) is 2.14. The summed E-state index contributed by atoms with van der Waals surface area (Å²) in [6.45, 7) is 3.53. The van der Waals surface area contributed by atoms with E-state index in [1.54, 1.807) is 19.9 Å². The molecule has 0 N–H and O–H groups in total. The second-order valence-corrected chi connectivity index (χ2v) is 2.47. The van der Waals surface area contributed by atoms with E-state index in [0.717, 1.165) is 0 Å². The van der Waals surface area contributed by atoms with E-state index >= 15 is 0 Å². The number of carbonyl (C=O) groups excluding carboxylic acids is 2. The topological polar surface area (TPSA) is 43.4 Å². The Morgan fingerprint density at radius 1 is 1.33 bits per heavy atom. The molecule has 3 heteroatoms. The quantitative estimate of drug-likeness (QED) is 0.474. The Bertz CT molecular complexity index is 204. The number of ether oxygens (including phenoxy) is 1. The first-order chi connectivity index (χ1) is 5.61.